The monoisotopic (exact) mass is 248 g/mol. The molecule has 1 aliphatic heterocycles. The van der Waals surface area contributed by atoms with E-state index >= 15 is 0 Å². The van der Waals surface area contributed by atoms with Gasteiger partial charge in [-0.25, -0.2) is 0 Å². The molecule has 1 heterocycles. The fourth-order valence-electron chi connectivity index (χ4n) is 2.48. The normalized spacial score (nSPS) is 21.1. The third kappa shape index (κ3) is 3.72. The van der Waals surface area contributed by atoms with E-state index in [2.05, 4.69) is 24.4 Å². The van der Waals surface area contributed by atoms with Crippen LogP contribution in [0.2, 0.25) is 0 Å². The molecule has 3 heteroatoms. The molecular formula is C15H24N2O. The van der Waals surface area contributed by atoms with E-state index in [1.54, 1.807) is 0 Å². The lowest BCUT2D eigenvalue weighted by Gasteiger charge is -2.19. The maximum atomic E-state index is 5.93. The number of anilines is 1. The van der Waals surface area contributed by atoms with Crippen LogP contribution in [0.15, 0.2) is 24.3 Å². The van der Waals surface area contributed by atoms with Gasteiger partial charge in [0, 0.05) is 18.3 Å². The molecule has 1 aliphatic rings. The van der Waals surface area contributed by atoms with Gasteiger partial charge in [0.05, 0.1) is 6.61 Å². The van der Waals surface area contributed by atoms with Gasteiger partial charge in [0.1, 0.15) is 0 Å². The minimum absolute atomic E-state index is 0.556. The molecule has 1 aromatic carbocycles. The van der Waals surface area contributed by atoms with Crippen molar-refractivity contribution in [1.29, 1.82) is 0 Å². The van der Waals surface area contributed by atoms with Crippen LogP contribution in [0.25, 0.3) is 0 Å². The Bertz CT molecular complexity index is 361. The van der Waals surface area contributed by atoms with Crippen molar-refractivity contribution >= 4 is 5.69 Å². The SMILES string of the molecule is CC(NCCCc1ccccc1N)C1CCOC1. The molecule has 0 radical (unpaired) electrons. The summed E-state index contributed by atoms with van der Waals surface area (Å²) in [5.41, 5.74) is 8.10. The van der Waals surface area contributed by atoms with Crippen LogP contribution in [-0.2, 0) is 11.2 Å². The van der Waals surface area contributed by atoms with Gasteiger partial charge >= 0.3 is 0 Å². The summed E-state index contributed by atoms with van der Waals surface area (Å²) >= 11 is 0. The first kappa shape index (κ1) is 13.4. The van der Waals surface area contributed by atoms with E-state index in [4.69, 9.17) is 10.5 Å². The number of hydrogen-bond donors (Lipinski definition) is 2. The van der Waals surface area contributed by atoms with E-state index in [0.29, 0.717) is 12.0 Å². The number of ether oxygens (including phenoxy) is 1. The highest BCUT2D eigenvalue weighted by molar-refractivity contribution is 5.46. The number of nitrogen functional groups attached to an aromatic ring is 1. The number of aryl methyl sites for hydroxylation is 1. The smallest absolute Gasteiger partial charge is 0.0509 e. The molecule has 0 amide bonds. The number of nitrogens with two attached hydrogens (primary N) is 1. The van der Waals surface area contributed by atoms with Crippen LogP contribution in [0.3, 0.4) is 0 Å². The Morgan fingerprint density at radius 2 is 2.28 bits per heavy atom. The molecule has 2 unspecified atom stereocenters. The van der Waals surface area contributed by atoms with E-state index < -0.39 is 0 Å². The summed E-state index contributed by atoms with van der Waals surface area (Å²) in [4.78, 5) is 0. The first-order valence-electron chi connectivity index (χ1n) is 6.92. The maximum absolute atomic E-state index is 5.93. The van der Waals surface area contributed by atoms with Gasteiger partial charge in [0.15, 0.2) is 0 Å². The van der Waals surface area contributed by atoms with E-state index in [1.165, 1.54) is 12.0 Å². The first-order valence-corrected chi connectivity index (χ1v) is 6.92. The van der Waals surface area contributed by atoms with Gasteiger partial charge < -0.3 is 15.8 Å². The molecular weight excluding hydrogens is 224 g/mol. The standard InChI is InChI=1S/C15H24N2O/c1-12(14-8-10-18-11-14)17-9-4-6-13-5-2-3-7-15(13)16/h2-3,5,7,12,14,17H,4,6,8-11,16H2,1H3. The molecule has 18 heavy (non-hydrogen) atoms. The Morgan fingerprint density at radius 3 is 3.00 bits per heavy atom. The summed E-state index contributed by atoms with van der Waals surface area (Å²) in [5.74, 6) is 0.687. The van der Waals surface area contributed by atoms with Crippen LogP contribution in [0.4, 0.5) is 5.69 Å². The summed E-state index contributed by atoms with van der Waals surface area (Å²) in [5, 5.41) is 3.59. The summed E-state index contributed by atoms with van der Waals surface area (Å²) in [6, 6.07) is 8.68. The summed E-state index contributed by atoms with van der Waals surface area (Å²) < 4.78 is 5.41. The Hall–Kier alpha value is -1.06. The minimum Gasteiger partial charge on any atom is -0.399 e. The van der Waals surface area contributed by atoms with E-state index in [1.807, 2.05) is 12.1 Å². The van der Waals surface area contributed by atoms with Gasteiger partial charge in [0.25, 0.3) is 0 Å². The van der Waals surface area contributed by atoms with Gasteiger partial charge in [-0.1, -0.05) is 18.2 Å². The predicted octanol–water partition coefficient (Wildman–Crippen LogP) is 2.22. The van der Waals surface area contributed by atoms with Gasteiger partial charge in [-0.3, -0.25) is 0 Å². The van der Waals surface area contributed by atoms with Crippen LogP contribution in [0.1, 0.15) is 25.3 Å². The second-order valence-electron chi connectivity index (χ2n) is 5.17. The van der Waals surface area contributed by atoms with Crippen LogP contribution >= 0.6 is 0 Å². The van der Waals surface area contributed by atoms with Crippen LogP contribution in [0.5, 0.6) is 0 Å². The maximum Gasteiger partial charge on any atom is 0.0509 e. The van der Waals surface area contributed by atoms with E-state index in [-0.39, 0.29) is 0 Å². The van der Waals surface area contributed by atoms with Crippen molar-refractivity contribution in [3.8, 4) is 0 Å². The molecule has 3 nitrogen and oxygen atoms in total. The summed E-state index contributed by atoms with van der Waals surface area (Å²) in [6.45, 7) is 5.15. The van der Waals surface area contributed by atoms with Crippen molar-refractivity contribution in [1.82, 2.24) is 5.32 Å². The van der Waals surface area contributed by atoms with Crippen LogP contribution in [0, 0.1) is 5.92 Å². The predicted molar refractivity (Wildman–Crippen MR) is 75.6 cm³/mol. The van der Waals surface area contributed by atoms with Crippen LogP contribution in [-0.4, -0.2) is 25.8 Å². The average molecular weight is 248 g/mol. The van der Waals surface area contributed by atoms with E-state index in [0.717, 1.165) is 38.3 Å². The third-order valence-corrected chi connectivity index (χ3v) is 3.82. The first-order chi connectivity index (χ1) is 8.77. The van der Waals surface area contributed by atoms with Crippen molar-refractivity contribution in [3.05, 3.63) is 29.8 Å². The van der Waals surface area contributed by atoms with Crippen molar-refractivity contribution in [2.24, 2.45) is 5.92 Å². The molecule has 0 aliphatic carbocycles. The van der Waals surface area contributed by atoms with Crippen molar-refractivity contribution in [2.75, 3.05) is 25.5 Å². The van der Waals surface area contributed by atoms with E-state index in [9.17, 15) is 0 Å². The summed E-state index contributed by atoms with van der Waals surface area (Å²) in [7, 11) is 0. The molecule has 2 atom stereocenters. The highest BCUT2D eigenvalue weighted by atomic mass is 16.5. The number of rotatable bonds is 6. The zero-order valence-corrected chi connectivity index (χ0v) is 11.2. The lowest BCUT2D eigenvalue weighted by Crippen LogP contribution is -2.34. The Kier molecular flexibility index (Phi) is 5.02. The molecule has 100 valence electrons. The lowest BCUT2D eigenvalue weighted by molar-refractivity contribution is 0.178. The molecule has 1 saturated heterocycles. The Balaban J connectivity index is 1.65. The highest BCUT2D eigenvalue weighted by Crippen LogP contribution is 2.16. The molecule has 0 aromatic heterocycles. The van der Waals surface area contributed by atoms with Crippen molar-refractivity contribution < 1.29 is 4.74 Å². The van der Waals surface area contributed by atoms with Crippen molar-refractivity contribution in [3.63, 3.8) is 0 Å². The second kappa shape index (κ2) is 6.76. The van der Waals surface area contributed by atoms with Gasteiger partial charge in [-0.05, 0) is 50.3 Å². The highest BCUT2D eigenvalue weighted by Gasteiger charge is 2.21. The Morgan fingerprint density at radius 1 is 1.44 bits per heavy atom. The Labute approximate surface area is 110 Å². The van der Waals surface area contributed by atoms with Crippen LogP contribution < -0.4 is 11.1 Å². The second-order valence-corrected chi connectivity index (χ2v) is 5.17. The summed E-state index contributed by atoms with van der Waals surface area (Å²) in [6.07, 6.45) is 3.37. The lowest BCUT2D eigenvalue weighted by atomic mass is 10.0. The molecule has 1 fully saturated rings. The molecule has 0 spiro atoms. The van der Waals surface area contributed by atoms with Gasteiger partial charge in [-0.2, -0.15) is 0 Å². The number of para-hydroxylation sites is 1. The molecule has 2 rings (SSSR count). The fraction of sp³-hybridized carbons (Fsp3) is 0.600. The largest absolute Gasteiger partial charge is 0.399 e. The zero-order chi connectivity index (χ0) is 12.8. The van der Waals surface area contributed by atoms with Gasteiger partial charge in [-0.15, -0.1) is 0 Å². The quantitative estimate of drug-likeness (QED) is 0.599. The number of nitrogens with one attached hydrogen (secondary N) is 1. The fourth-order valence-corrected chi connectivity index (χ4v) is 2.48. The third-order valence-electron chi connectivity index (χ3n) is 3.82. The minimum atomic E-state index is 0.556. The molecule has 0 saturated carbocycles. The molecule has 3 N–H and O–H groups in total. The number of benzene rings is 1. The average Bonchev–Trinajstić information content (AvgIpc) is 2.90. The van der Waals surface area contributed by atoms with Gasteiger partial charge in [0.2, 0.25) is 0 Å². The number of hydrogen-bond acceptors (Lipinski definition) is 3. The zero-order valence-electron chi connectivity index (χ0n) is 11.2. The topological polar surface area (TPSA) is 47.3 Å². The van der Waals surface area contributed by atoms with Crippen molar-refractivity contribution in [2.45, 2.75) is 32.2 Å². The molecule has 1 aromatic rings. The molecule has 0 bridgehead atoms.